The number of rotatable bonds is 12. The van der Waals surface area contributed by atoms with Crippen molar-refractivity contribution in [3.05, 3.63) is 81.1 Å². The number of aryl methyl sites for hydroxylation is 1. The molecule has 0 saturated heterocycles. The first-order chi connectivity index (χ1) is 19.1. The van der Waals surface area contributed by atoms with Crippen molar-refractivity contribution in [2.24, 2.45) is 22.2 Å². The van der Waals surface area contributed by atoms with Gasteiger partial charge in [0, 0.05) is 35.8 Å². The lowest BCUT2D eigenvalue weighted by molar-refractivity contribution is 0.562. The second kappa shape index (κ2) is 13.1. The van der Waals surface area contributed by atoms with E-state index in [1.807, 2.05) is 31.2 Å². The summed E-state index contributed by atoms with van der Waals surface area (Å²) in [5.41, 5.74) is 20.0. The number of guanidine groups is 1. The lowest BCUT2D eigenvalue weighted by atomic mass is 10.0. The third-order valence-electron chi connectivity index (χ3n) is 6.76. The van der Waals surface area contributed by atoms with Crippen LogP contribution in [0, 0.1) is 5.82 Å². The topological polar surface area (TPSA) is 153 Å². The van der Waals surface area contributed by atoms with Crippen LogP contribution in [0.25, 0.3) is 28.0 Å². The summed E-state index contributed by atoms with van der Waals surface area (Å²) in [7, 11) is 0. The highest BCUT2D eigenvalue weighted by Gasteiger charge is 2.16. The Labute approximate surface area is 237 Å². The quantitative estimate of drug-likeness (QED) is 0.0986. The maximum atomic E-state index is 15.0. The zero-order valence-corrected chi connectivity index (χ0v) is 23.5. The molecule has 0 fully saturated rings. The summed E-state index contributed by atoms with van der Waals surface area (Å²) in [5.74, 6) is -0.425. The van der Waals surface area contributed by atoms with Crippen molar-refractivity contribution in [2.45, 2.75) is 51.6 Å². The average molecular weight is 567 g/mol. The van der Waals surface area contributed by atoms with Crippen molar-refractivity contribution >= 4 is 28.6 Å². The Morgan fingerprint density at radius 1 is 1.18 bits per heavy atom. The maximum absolute atomic E-state index is 15.0. The van der Waals surface area contributed by atoms with Crippen LogP contribution in [0.3, 0.4) is 0 Å². The smallest absolute Gasteiger partial charge is 0.354 e. The van der Waals surface area contributed by atoms with E-state index in [4.69, 9.17) is 28.8 Å². The largest absolute Gasteiger partial charge is 0.370 e. The van der Waals surface area contributed by atoms with Crippen LogP contribution in [-0.2, 0) is 6.42 Å². The molecule has 0 aliphatic rings. The molecule has 11 heteroatoms. The van der Waals surface area contributed by atoms with Gasteiger partial charge in [-0.25, -0.2) is 9.18 Å². The first kappa shape index (κ1) is 29.3. The van der Waals surface area contributed by atoms with Gasteiger partial charge in [-0.2, -0.15) is 4.98 Å². The molecule has 0 radical (unpaired) electrons. The second-order valence-electron chi connectivity index (χ2n) is 10.1. The highest BCUT2D eigenvalue weighted by atomic mass is 35.5. The Hall–Kier alpha value is -3.73. The number of nitrogens with one attached hydrogen (secondary N) is 2. The van der Waals surface area contributed by atoms with E-state index in [0.29, 0.717) is 34.5 Å². The molecule has 9 nitrogen and oxygen atoms in total. The van der Waals surface area contributed by atoms with Crippen molar-refractivity contribution in [2.75, 3.05) is 13.1 Å². The number of nitrogens with two attached hydrogens (primary N) is 3. The van der Waals surface area contributed by atoms with E-state index in [9.17, 15) is 4.79 Å². The third kappa shape index (κ3) is 7.26. The molecule has 2 atom stereocenters. The molecule has 0 aliphatic carbocycles. The number of aromatic nitrogens is 3. The normalized spacial score (nSPS) is 12.9. The molecule has 2 heterocycles. The number of hydrogen-bond acceptors (Lipinski definition) is 5. The SMILES string of the molecule is C[C@@H](N)CCCc1cc(Cl)c(F)c(-c2cc3cn(-c4ccc([C@@H](C)NCCCN=C(N)N)cc4)c(=O)nc3[nH]2)c1. The van der Waals surface area contributed by atoms with Crippen LogP contribution in [0.4, 0.5) is 4.39 Å². The van der Waals surface area contributed by atoms with Gasteiger partial charge in [-0.05, 0) is 87.5 Å². The predicted molar refractivity (Wildman–Crippen MR) is 160 cm³/mol. The summed E-state index contributed by atoms with van der Waals surface area (Å²) in [6.45, 7) is 5.36. The molecule has 0 saturated carbocycles. The van der Waals surface area contributed by atoms with Crippen LogP contribution in [-0.4, -0.2) is 39.6 Å². The Bertz CT molecular complexity index is 1540. The number of benzene rings is 2. The van der Waals surface area contributed by atoms with Crippen molar-refractivity contribution in [1.82, 2.24) is 19.9 Å². The molecule has 0 amide bonds. The average Bonchev–Trinajstić information content (AvgIpc) is 3.32. The van der Waals surface area contributed by atoms with E-state index < -0.39 is 11.5 Å². The maximum Gasteiger partial charge on any atom is 0.354 e. The number of nitrogens with zero attached hydrogens (tertiary/aromatic N) is 3. The van der Waals surface area contributed by atoms with Crippen LogP contribution in [0.15, 0.2) is 58.4 Å². The standard InChI is InChI=1S/C29H36ClFN8O/c1-17(32)5-3-6-19-13-23(26(31)24(30)14-19)25-15-21-16-39(29(40)38-27(21)37-25)22-9-7-20(8-10-22)18(2)35-11-4-12-36-28(33)34/h7-10,13-18,35H,3-6,11-12,32H2,1-2H3,(H4,33,34,36)(H,37,38,40)/t17-,18-/m1/s1. The Morgan fingerprint density at radius 3 is 2.62 bits per heavy atom. The Kier molecular flexibility index (Phi) is 9.57. The summed E-state index contributed by atoms with van der Waals surface area (Å²) in [6.07, 6.45) is 4.99. The summed E-state index contributed by atoms with van der Waals surface area (Å²) in [4.78, 5) is 24.2. The summed E-state index contributed by atoms with van der Waals surface area (Å²) >= 11 is 6.23. The minimum absolute atomic E-state index is 0.0528. The zero-order valence-electron chi connectivity index (χ0n) is 22.8. The van der Waals surface area contributed by atoms with Crippen molar-refractivity contribution in [1.29, 1.82) is 0 Å². The van der Waals surface area contributed by atoms with E-state index >= 15 is 4.39 Å². The monoisotopic (exact) mass is 566 g/mol. The van der Waals surface area contributed by atoms with Crippen LogP contribution >= 0.6 is 11.6 Å². The zero-order chi connectivity index (χ0) is 28.8. The van der Waals surface area contributed by atoms with Crippen LogP contribution in [0.1, 0.15) is 50.3 Å². The van der Waals surface area contributed by atoms with Crippen LogP contribution < -0.4 is 28.2 Å². The molecule has 40 heavy (non-hydrogen) atoms. The Morgan fingerprint density at radius 2 is 1.93 bits per heavy atom. The summed E-state index contributed by atoms with van der Waals surface area (Å²) < 4.78 is 16.5. The number of fused-ring (bicyclic) bond motifs is 1. The number of aromatic amines is 1. The molecule has 0 unspecified atom stereocenters. The van der Waals surface area contributed by atoms with Gasteiger partial charge in [-0.1, -0.05) is 23.7 Å². The third-order valence-corrected chi connectivity index (χ3v) is 7.04. The van der Waals surface area contributed by atoms with Gasteiger partial charge in [0.1, 0.15) is 5.65 Å². The van der Waals surface area contributed by atoms with Gasteiger partial charge in [0.05, 0.1) is 16.4 Å². The van der Waals surface area contributed by atoms with E-state index in [1.54, 1.807) is 24.4 Å². The van der Waals surface area contributed by atoms with Crippen LogP contribution in [0.5, 0.6) is 0 Å². The number of halogens is 2. The molecular formula is C29H36ClFN8O. The molecular weight excluding hydrogens is 531 g/mol. The van der Waals surface area contributed by atoms with Crippen molar-refractivity contribution in [3.63, 3.8) is 0 Å². The Balaban J connectivity index is 1.53. The van der Waals surface area contributed by atoms with Crippen molar-refractivity contribution < 1.29 is 4.39 Å². The molecule has 2 aromatic carbocycles. The van der Waals surface area contributed by atoms with E-state index in [0.717, 1.165) is 43.4 Å². The molecule has 2 aromatic heterocycles. The molecule has 212 valence electrons. The first-order valence-electron chi connectivity index (χ1n) is 13.4. The van der Waals surface area contributed by atoms with Gasteiger partial charge in [0.15, 0.2) is 11.8 Å². The molecule has 8 N–H and O–H groups in total. The summed E-state index contributed by atoms with van der Waals surface area (Å²) in [5, 5.41) is 4.16. The van der Waals surface area contributed by atoms with Gasteiger partial charge in [0.2, 0.25) is 0 Å². The minimum Gasteiger partial charge on any atom is -0.370 e. The fourth-order valence-electron chi connectivity index (χ4n) is 4.59. The number of aliphatic imine (C=N–C) groups is 1. The minimum atomic E-state index is -0.519. The molecule has 0 bridgehead atoms. The van der Waals surface area contributed by atoms with E-state index in [1.165, 1.54) is 4.57 Å². The highest BCUT2D eigenvalue weighted by molar-refractivity contribution is 6.31. The number of H-pyrrole nitrogens is 1. The summed E-state index contributed by atoms with van der Waals surface area (Å²) in [6, 6.07) is 13.1. The molecule has 0 spiro atoms. The molecule has 4 rings (SSSR count). The number of hydrogen-bond donors (Lipinski definition) is 5. The molecule has 0 aliphatic heterocycles. The first-order valence-corrected chi connectivity index (χ1v) is 13.8. The van der Waals surface area contributed by atoms with Gasteiger partial charge < -0.3 is 27.5 Å². The van der Waals surface area contributed by atoms with Crippen LogP contribution in [0.2, 0.25) is 5.02 Å². The van der Waals surface area contributed by atoms with Crippen molar-refractivity contribution in [3.8, 4) is 16.9 Å². The lowest BCUT2D eigenvalue weighted by Gasteiger charge is -2.15. The second-order valence-corrected chi connectivity index (χ2v) is 10.5. The fourth-order valence-corrected chi connectivity index (χ4v) is 4.83. The van der Waals surface area contributed by atoms with Gasteiger partial charge >= 0.3 is 5.69 Å². The van der Waals surface area contributed by atoms with Gasteiger partial charge in [-0.3, -0.25) is 9.56 Å². The van der Waals surface area contributed by atoms with E-state index in [2.05, 4.69) is 27.2 Å². The predicted octanol–water partition coefficient (Wildman–Crippen LogP) is 4.16. The lowest BCUT2D eigenvalue weighted by Crippen LogP contribution is -2.24. The fraction of sp³-hybridized carbons (Fsp3) is 0.345. The van der Waals surface area contributed by atoms with Gasteiger partial charge in [0.25, 0.3) is 0 Å². The molecule has 4 aromatic rings. The van der Waals surface area contributed by atoms with Gasteiger partial charge in [-0.15, -0.1) is 0 Å². The highest BCUT2D eigenvalue weighted by Crippen LogP contribution is 2.31. The van der Waals surface area contributed by atoms with E-state index in [-0.39, 0.29) is 23.1 Å².